The molecule has 22 heavy (non-hydrogen) atoms. The van der Waals surface area contributed by atoms with Crippen LogP contribution < -0.4 is 5.32 Å². The monoisotopic (exact) mass is 304 g/mol. The third kappa shape index (κ3) is 2.98. The van der Waals surface area contributed by atoms with Crippen LogP contribution in [0.2, 0.25) is 0 Å². The Labute approximate surface area is 126 Å². The molecule has 0 saturated heterocycles. The van der Waals surface area contributed by atoms with Crippen molar-refractivity contribution in [3.63, 3.8) is 0 Å². The van der Waals surface area contributed by atoms with Crippen LogP contribution in [0.3, 0.4) is 0 Å². The lowest BCUT2D eigenvalue weighted by atomic mass is 10.1. The summed E-state index contributed by atoms with van der Waals surface area (Å²) in [5, 5.41) is 10.8. The average Bonchev–Trinajstić information content (AvgIpc) is 2.74. The predicted octanol–water partition coefficient (Wildman–Crippen LogP) is 0.897. The molecule has 1 heterocycles. The Kier molecular flexibility index (Phi) is 4.55. The van der Waals surface area contributed by atoms with Gasteiger partial charge in [-0.2, -0.15) is 0 Å². The number of aliphatic carboxylic acids is 1. The van der Waals surface area contributed by atoms with Crippen LogP contribution in [0.15, 0.2) is 18.2 Å². The number of nitrogens with zero attached hydrogens (tertiary/aromatic N) is 1. The maximum absolute atomic E-state index is 12.2. The SMILES string of the molecule is CCCCN1C(=O)c2ccc(C(=O)NCC(=O)O)cc2C1=O. The summed E-state index contributed by atoms with van der Waals surface area (Å²) in [4.78, 5) is 47.8. The Bertz CT molecular complexity index is 653. The minimum Gasteiger partial charge on any atom is -0.480 e. The molecule has 0 bridgehead atoms. The summed E-state index contributed by atoms with van der Waals surface area (Å²) in [6, 6.07) is 4.17. The Balaban J connectivity index is 2.21. The molecule has 0 atom stereocenters. The standard InChI is InChI=1S/C15H16N2O5/c1-2-3-6-17-14(21)10-5-4-9(7-11(10)15(17)22)13(20)16-8-12(18)19/h4-5,7H,2-3,6,8H2,1H3,(H,16,20)(H,18,19). The number of carboxylic acid groups (broad SMARTS) is 1. The van der Waals surface area contributed by atoms with Gasteiger partial charge in [0.2, 0.25) is 0 Å². The number of imide groups is 1. The Morgan fingerprint density at radius 2 is 1.86 bits per heavy atom. The van der Waals surface area contributed by atoms with Crippen LogP contribution in [0.4, 0.5) is 0 Å². The Morgan fingerprint density at radius 3 is 2.50 bits per heavy atom. The molecule has 0 unspecified atom stereocenters. The lowest BCUT2D eigenvalue weighted by molar-refractivity contribution is -0.135. The fourth-order valence-electron chi connectivity index (χ4n) is 2.21. The van der Waals surface area contributed by atoms with Crippen molar-refractivity contribution in [3.8, 4) is 0 Å². The van der Waals surface area contributed by atoms with Crippen molar-refractivity contribution in [1.29, 1.82) is 0 Å². The fraction of sp³-hybridized carbons (Fsp3) is 0.333. The molecule has 2 rings (SSSR count). The van der Waals surface area contributed by atoms with E-state index in [1.54, 1.807) is 0 Å². The highest BCUT2D eigenvalue weighted by molar-refractivity contribution is 6.22. The van der Waals surface area contributed by atoms with E-state index in [1.165, 1.54) is 23.1 Å². The van der Waals surface area contributed by atoms with Gasteiger partial charge in [-0.3, -0.25) is 24.1 Å². The first-order chi connectivity index (χ1) is 10.5. The zero-order chi connectivity index (χ0) is 16.3. The van der Waals surface area contributed by atoms with Crippen molar-refractivity contribution in [2.75, 3.05) is 13.1 Å². The van der Waals surface area contributed by atoms with Gasteiger partial charge >= 0.3 is 5.97 Å². The third-order valence-electron chi connectivity index (χ3n) is 3.37. The predicted molar refractivity (Wildman–Crippen MR) is 76.7 cm³/mol. The Morgan fingerprint density at radius 1 is 1.18 bits per heavy atom. The summed E-state index contributed by atoms with van der Waals surface area (Å²) in [5.41, 5.74) is 0.610. The quantitative estimate of drug-likeness (QED) is 0.760. The normalized spacial score (nSPS) is 13.2. The second-order valence-electron chi connectivity index (χ2n) is 4.95. The van der Waals surface area contributed by atoms with Crippen molar-refractivity contribution in [2.24, 2.45) is 0 Å². The molecule has 1 aliphatic rings. The number of hydrogen-bond acceptors (Lipinski definition) is 4. The minimum atomic E-state index is -1.16. The number of carboxylic acids is 1. The van der Waals surface area contributed by atoms with Crippen LogP contribution in [0.5, 0.6) is 0 Å². The fourth-order valence-corrected chi connectivity index (χ4v) is 2.21. The number of unbranched alkanes of at least 4 members (excludes halogenated alkanes) is 1. The van der Waals surface area contributed by atoms with Crippen LogP contribution in [-0.4, -0.2) is 46.8 Å². The molecule has 1 aromatic rings. The van der Waals surface area contributed by atoms with Gasteiger partial charge in [0.05, 0.1) is 11.1 Å². The van der Waals surface area contributed by atoms with Crippen molar-refractivity contribution < 1.29 is 24.3 Å². The van der Waals surface area contributed by atoms with Crippen molar-refractivity contribution in [2.45, 2.75) is 19.8 Å². The first-order valence-electron chi connectivity index (χ1n) is 6.96. The average molecular weight is 304 g/mol. The summed E-state index contributed by atoms with van der Waals surface area (Å²) in [5.74, 6) is -2.53. The molecule has 0 aromatic heterocycles. The smallest absolute Gasteiger partial charge is 0.322 e. The van der Waals surface area contributed by atoms with E-state index in [1.807, 2.05) is 6.92 Å². The Hall–Kier alpha value is -2.70. The largest absolute Gasteiger partial charge is 0.480 e. The van der Waals surface area contributed by atoms with Gasteiger partial charge in [0, 0.05) is 12.1 Å². The number of rotatable bonds is 6. The lowest BCUT2D eigenvalue weighted by Gasteiger charge is -2.12. The highest BCUT2D eigenvalue weighted by atomic mass is 16.4. The van der Waals surface area contributed by atoms with E-state index < -0.39 is 24.3 Å². The van der Waals surface area contributed by atoms with Crippen LogP contribution in [0.1, 0.15) is 50.8 Å². The number of benzene rings is 1. The number of hydrogen-bond donors (Lipinski definition) is 2. The van der Waals surface area contributed by atoms with E-state index in [4.69, 9.17) is 5.11 Å². The molecular formula is C15H16N2O5. The minimum absolute atomic E-state index is 0.151. The number of amides is 3. The topological polar surface area (TPSA) is 104 Å². The number of carbonyl (C=O) groups excluding carboxylic acids is 3. The maximum Gasteiger partial charge on any atom is 0.322 e. The van der Waals surface area contributed by atoms with Crippen molar-refractivity contribution >= 4 is 23.7 Å². The molecule has 7 heteroatoms. The summed E-state index contributed by atoms with van der Waals surface area (Å²) in [6.45, 7) is 1.80. The van der Waals surface area contributed by atoms with Crippen LogP contribution >= 0.6 is 0 Å². The second kappa shape index (κ2) is 6.38. The maximum atomic E-state index is 12.2. The molecular weight excluding hydrogens is 288 g/mol. The molecule has 116 valence electrons. The van der Waals surface area contributed by atoms with Crippen molar-refractivity contribution in [1.82, 2.24) is 10.2 Å². The number of carbonyl (C=O) groups is 4. The van der Waals surface area contributed by atoms with Crippen LogP contribution in [-0.2, 0) is 4.79 Å². The number of nitrogens with one attached hydrogen (secondary N) is 1. The van der Waals surface area contributed by atoms with Gasteiger partial charge in [-0.05, 0) is 24.6 Å². The lowest BCUT2D eigenvalue weighted by Crippen LogP contribution is -2.30. The van der Waals surface area contributed by atoms with Crippen LogP contribution in [0, 0.1) is 0 Å². The van der Waals surface area contributed by atoms with Crippen LogP contribution in [0.25, 0.3) is 0 Å². The molecule has 7 nitrogen and oxygen atoms in total. The van der Waals surface area contributed by atoms with Gasteiger partial charge < -0.3 is 10.4 Å². The first-order valence-corrected chi connectivity index (χ1v) is 6.96. The number of fused-ring (bicyclic) bond motifs is 1. The molecule has 2 N–H and O–H groups in total. The molecule has 1 aromatic carbocycles. The third-order valence-corrected chi connectivity index (χ3v) is 3.37. The van der Waals surface area contributed by atoms with Gasteiger partial charge in [0.25, 0.3) is 17.7 Å². The molecule has 0 radical (unpaired) electrons. The summed E-state index contributed by atoms with van der Waals surface area (Å²) in [6.07, 6.45) is 1.58. The molecule has 3 amide bonds. The molecule has 0 saturated carbocycles. The van der Waals surface area contributed by atoms with Gasteiger partial charge in [0.1, 0.15) is 6.54 Å². The van der Waals surface area contributed by atoms with E-state index >= 15 is 0 Å². The first kappa shape index (κ1) is 15.7. The zero-order valence-electron chi connectivity index (χ0n) is 12.1. The van der Waals surface area contributed by atoms with Gasteiger partial charge in [0.15, 0.2) is 0 Å². The van der Waals surface area contributed by atoms with E-state index in [0.29, 0.717) is 6.54 Å². The van der Waals surface area contributed by atoms with E-state index in [-0.39, 0.29) is 22.6 Å². The summed E-state index contributed by atoms with van der Waals surface area (Å²) in [7, 11) is 0. The van der Waals surface area contributed by atoms with Gasteiger partial charge in [-0.15, -0.1) is 0 Å². The van der Waals surface area contributed by atoms with Gasteiger partial charge in [-0.1, -0.05) is 13.3 Å². The van der Waals surface area contributed by atoms with Gasteiger partial charge in [-0.25, -0.2) is 0 Å². The highest BCUT2D eigenvalue weighted by Crippen LogP contribution is 2.24. The molecule has 0 aliphatic carbocycles. The molecule has 0 spiro atoms. The zero-order valence-corrected chi connectivity index (χ0v) is 12.1. The van der Waals surface area contributed by atoms with E-state index in [9.17, 15) is 19.2 Å². The highest BCUT2D eigenvalue weighted by Gasteiger charge is 2.35. The summed E-state index contributed by atoms with van der Waals surface area (Å²) >= 11 is 0. The van der Waals surface area contributed by atoms with E-state index in [2.05, 4.69) is 5.32 Å². The van der Waals surface area contributed by atoms with E-state index in [0.717, 1.165) is 12.8 Å². The molecule has 1 aliphatic heterocycles. The van der Waals surface area contributed by atoms with Crippen molar-refractivity contribution in [3.05, 3.63) is 34.9 Å². The second-order valence-corrected chi connectivity index (χ2v) is 4.95. The molecule has 0 fully saturated rings. The summed E-state index contributed by atoms with van der Waals surface area (Å²) < 4.78 is 0.